The molecule has 2 aromatic carbocycles. The van der Waals surface area contributed by atoms with Crippen molar-refractivity contribution in [2.24, 2.45) is 0 Å². The number of carboxylic acids is 1. The van der Waals surface area contributed by atoms with Crippen LogP contribution < -0.4 is 0 Å². The van der Waals surface area contributed by atoms with Gasteiger partial charge in [0, 0.05) is 12.0 Å². The molecule has 2 aliphatic carbocycles. The normalized spacial score (nSPS) is 15.6. The van der Waals surface area contributed by atoms with Crippen LogP contribution in [-0.4, -0.2) is 34.8 Å². The third-order valence-corrected chi connectivity index (χ3v) is 5.38. The molecule has 1 N–H and O–H groups in total. The summed E-state index contributed by atoms with van der Waals surface area (Å²) in [7, 11) is 0. The SMILES string of the molecule is O=C(CCC(=O)C(=O)OC1C=C(C(=O)O)c2ccccc21)OC(=O)C1=CCc2ccccc21. The van der Waals surface area contributed by atoms with Crippen LogP contribution in [0.4, 0.5) is 0 Å². The molecule has 0 saturated heterocycles. The molecule has 0 heterocycles. The molecular weight excluding hydrogens is 428 g/mol. The Morgan fingerprint density at radius 2 is 1.58 bits per heavy atom. The molecule has 2 aromatic rings. The fraction of sp³-hybridized carbons (Fsp3) is 0.160. The lowest BCUT2D eigenvalue weighted by Gasteiger charge is -2.11. The van der Waals surface area contributed by atoms with Gasteiger partial charge in [0.1, 0.15) is 6.10 Å². The minimum atomic E-state index is -1.20. The first kappa shape index (κ1) is 21.9. The summed E-state index contributed by atoms with van der Waals surface area (Å²) >= 11 is 0. The van der Waals surface area contributed by atoms with Gasteiger partial charge in [-0.3, -0.25) is 9.59 Å². The molecule has 0 spiro atoms. The second-order valence-corrected chi connectivity index (χ2v) is 7.46. The average molecular weight is 446 g/mol. The highest BCUT2D eigenvalue weighted by atomic mass is 16.6. The van der Waals surface area contributed by atoms with Crippen molar-refractivity contribution in [1.82, 2.24) is 0 Å². The zero-order valence-corrected chi connectivity index (χ0v) is 17.3. The van der Waals surface area contributed by atoms with Crippen LogP contribution in [0.15, 0.2) is 60.7 Å². The highest BCUT2D eigenvalue weighted by Crippen LogP contribution is 2.36. The summed E-state index contributed by atoms with van der Waals surface area (Å²) in [4.78, 5) is 60.1. The topological polar surface area (TPSA) is 124 Å². The van der Waals surface area contributed by atoms with Crippen LogP contribution in [0.3, 0.4) is 0 Å². The van der Waals surface area contributed by atoms with E-state index in [2.05, 4.69) is 0 Å². The van der Waals surface area contributed by atoms with E-state index in [1.165, 1.54) is 6.08 Å². The highest BCUT2D eigenvalue weighted by Gasteiger charge is 2.31. The Bertz CT molecular complexity index is 1250. The lowest BCUT2D eigenvalue weighted by Crippen LogP contribution is -2.21. The molecule has 8 nitrogen and oxygen atoms in total. The zero-order chi connectivity index (χ0) is 23.5. The molecule has 1 unspecified atom stereocenters. The van der Waals surface area contributed by atoms with Gasteiger partial charge < -0.3 is 14.6 Å². The number of fused-ring (bicyclic) bond motifs is 2. The van der Waals surface area contributed by atoms with E-state index in [1.807, 2.05) is 12.1 Å². The van der Waals surface area contributed by atoms with E-state index in [9.17, 15) is 29.1 Å². The number of benzene rings is 2. The lowest BCUT2D eigenvalue weighted by atomic mass is 10.1. The molecule has 0 amide bonds. The van der Waals surface area contributed by atoms with E-state index < -0.39 is 48.6 Å². The van der Waals surface area contributed by atoms with Crippen LogP contribution in [0.25, 0.3) is 11.1 Å². The smallest absolute Gasteiger partial charge is 0.375 e. The van der Waals surface area contributed by atoms with E-state index in [1.54, 1.807) is 42.5 Å². The quantitative estimate of drug-likeness (QED) is 0.391. The molecule has 0 saturated carbocycles. The number of allylic oxidation sites excluding steroid dienone is 1. The van der Waals surface area contributed by atoms with Gasteiger partial charge in [0.25, 0.3) is 0 Å². The number of rotatable bonds is 7. The molecular formula is C25H18O8. The Labute approximate surface area is 188 Å². The largest absolute Gasteiger partial charge is 0.478 e. The van der Waals surface area contributed by atoms with Gasteiger partial charge >= 0.3 is 23.9 Å². The lowest BCUT2D eigenvalue weighted by molar-refractivity contribution is -0.158. The molecule has 2 aliphatic rings. The van der Waals surface area contributed by atoms with Gasteiger partial charge in [-0.25, -0.2) is 14.4 Å². The first-order valence-corrected chi connectivity index (χ1v) is 10.2. The predicted octanol–water partition coefficient (Wildman–Crippen LogP) is 2.81. The van der Waals surface area contributed by atoms with Crippen molar-refractivity contribution in [3.05, 3.63) is 82.9 Å². The summed E-state index contributed by atoms with van der Waals surface area (Å²) in [6, 6.07) is 13.7. The minimum absolute atomic E-state index is 0.0271. The monoisotopic (exact) mass is 446 g/mol. The second-order valence-electron chi connectivity index (χ2n) is 7.46. The number of Topliss-reactive ketones (excluding diaryl/α,β-unsaturated/α-hetero) is 1. The van der Waals surface area contributed by atoms with Crippen LogP contribution in [0.2, 0.25) is 0 Å². The Kier molecular flexibility index (Phi) is 5.99. The highest BCUT2D eigenvalue weighted by molar-refractivity contribution is 6.34. The van der Waals surface area contributed by atoms with Gasteiger partial charge in [-0.2, -0.15) is 0 Å². The number of carboxylic acid groups (broad SMARTS) is 1. The third-order valence-electron chi connectivity index (χ3n) is 5.38. The first-order valence-electron chi connectivity index (χ1n) is 10.2. The van der Waals surface area contributed by atoms with Crippen LogP contribution in [0.1, 0.15) is 41.2 Å². The third kappa shape index (κ3) is 4.50. The fourth-order valence-electron chi connectivity index (χ4n) is 3.79. The van der Waals surface area contributed by atoms with E-state index in [0.717, 1.165) is 5.56 Å². The number of ether oxygens (including phenoxy) is 2. The van der Waals surface area contributed by atoms with Crippen LogP contribution >= 0.6 is 0 Å². The summed E-state index contributed by atoms with van der Waals surface area (Å²) in [6.45, 7) is 0. The van der Waals surface area contributed by atoms with Crippen molar-refractivity contribution in [2.45, 2.75) is 25.4 Å². The van der Waals surface area contributed by atoms with Crippen molar-refractivity contribution >= 4 is 40.8 Å². The summed E-state index contributed by atoms with van der Waals surface area (Å²) in [5.41, 5.74) is 2.75. The number of hydrogen-bond donors (Lipinski definition) is 1. The predicted molar refractivity (Wildman–Crippen MR) is 114 cm³/mol. The maximum atomic E-state index is 12.3. The van der Waals surface area contributed by atoms with Crippen molar-refractivity contribution in [3.8, 4) is 0 Å². The molecule has 33 heavy (non-hydrogen) atoms. The number of aliphatic carboxylic acids is 1. The standard InChI is InChI=1S/C25H18O8/c26-20(25(31)32-21-13-19(23(28)29)16-7-3-4-8-17(16)21)11-12-22(27)33-24(30)18-10-9-14-5-1-2-6-15(14)18/h1-8,10,13,21H,9,11-12H2,(H,28,29). The fourth-order valence-corrected chi connectivity index (χ4v) is 3.79. The molecule has 166 valence electrons. The Morgan fingerprint density at radius 3 is 2.33 bits per heavy atom. The molecule has 0 aromatic heterocycles. The summed E-state index contributed by atoms with van der Waals surface area (Å²) in [6.07, 6.45) is 1.46. The minimum Gasteiger partial charge on any atom is -0.478 e. The van der Waals surface area contributed by atoms with Crippen molar-refractivity contribution in [2.75, 3.05) is 0 Å². The number of hydrogen-bond acceptors (Lipinski definition) is 7. The first-order chi connectivity index (χ1) is 15.8. The van der Waals surface area contributed by atoms with Gasteiger partial charge in [0.15, 0.2) is 0 Å². The van der Waals surface area contributed by atoms with Crippen LogP contribution in [0.5, 0.6) is 0 Å². The van der Waals surface area contributed by atoms with Crippen LogP contribution in [-0.2, 0) is 39.9 Å². The average Bonchev–Trinajstić information content (AvgIpc) is 3.39. The maximum absolute atomic E-state index is 12.3. The zero-order valence-electron chi connectivity index (χ0n) is 17.3. The molecule has 0 fully saturated rings. The van der Waals surface area contributed by atoms with Gasteiger partial charge in [-0.05, 0) is 29.2 Å². The van der Waals surface area contributed by atoms with Crippen molar-refractivity contribution < 1.29 is 38.6 Å². The molecule has 4 rings (SSSR count). The maximum Gasteiger partial charge on any atom is 0.375 e. The summed E-state index contributed by atoms with van der Waals surface area (Å²) in [5, 5.41) is 9.31. The van der Waals surface area contributed by atoms with E-state index in [-0.39, 0.29) is 11.1 Å². The summed E-state index contributed by atoms with van der Waals surface area (Å²) < 4.78 is 9.97. The number of carbonyl (C=O) groups is 5. The van der Waals surface area contributed by atoms with Gasteiger partial charge in [-0.1, -0.05) is 54.6 Å². The van der Waals surface area contributed by atoms with E-state index in [4.69, 9.17) is 9.47 Å². The summed E-state index contributed by atoms with van der Waals surface area (Å²) in [5.74, 6) is -5.12. The molecule has 0 bridgehead atoms. The van der Waals surface area contributed by atoms with Gasteiger partial charge in [0.05, 0.1) is 17.6 Å². The molecule has 0 radical (unpaired) electrons. The molecule has 1 atom stereocenters. The number of carbonyl (C=O) groups excluding carboxylic acids is 4. The van der Waals surface area contributed by atoms with Gasteiger partial charge in [0.2, 0.25) is 5.78 Å². The molecule has 8 heteroatoms. The number of esters is 3. The second kappa shape index (κ2) is 9.04. The molecule has 0 aliphatic heterocycles. The van der Waals surface area contributed by atoms with Gasteiger partial charge in [-0.15, -0.1) is 0 Å². The Morgan fingerprint density at radius 1 is 0.879 bits per heavy atom. The van der Waals surface area contributed by atoms with Crippen molar-refractivity contribution in [3.63, 3.8) is 0 Å². The van der Waals surface area contributed by atoms with Crippen molar-refractivity contribution in [1.29, 1.82) is 0 Å². The Hall–Kier alpha value is -4.33. The van der Waals surface area contributed by atoms with Crippen LogP contribution in [0, 0.1) is 0 Å². The van der Waals surface area contributed by atoms with E-state index in [0.29, 0.717) is 23.1 Å². The Balaban J connectivity index is 1.30. The number of ketones is 1. The van der Waals surface area contributed by atoms with E-state index >= 15 is 0 Å².